The lowest BCUT2D eigenvalue weighted by atomic mass is 10.5. The molecule has 0 fully saturated rings. The lowest BCUT2D eigenvalue weighted by Gasteiger charge is -1.97. The Bertz CT molecular complexity index is 375. The largest absolute Gasteiger partial charge is 0.204 e. The summed E-state index contributed by atoms with van der Waals surface area (Å²) in [6.07, 6.45) is 8.47. The van der Waals surface area contributed by atoms with Gasteiger partial charge in [0.1, 0.15) is 0 Å². The molecule has 2 heterocycles. The molecule has 0 unspecified atom stereocenters. The summed E-state index contributed by atoms with van der Waals surface area (Å²) in [5, 5.41) is 0. The van der Waals surface area contributed by atoms with Gasteiger partial charge in [-0.3, -0.25) is 0 Å². The maximum atomic E-state index is 2.22. The van der Waals surface area contributed by atoms with Gasteiger partial charge < -0.3 is 0 Å². The van der Waals surface area contributed by atoms with Gasteiger partial charge in [-0.2, -0.15) is 0 Å². The number of thioether (sulfide) groups is 1. The van der Waals surface area contributed by atoms with Crippen molar-refractivity contribution in [2.24, 2.45) is 0 Å². The van der Waals surface area contributed by atoms with Gasteiger partial charge >= 0.3 is 0 Å². The van der Waals surface area contributed by atoms with Gasteiger partial charge in [0.25, 0.3) is 0 Å². The zero-order valence-corrected chi connectivity index (χ0v) is 10.7. The molecule has 0 atom stereocenters. The molecular weight excluding hydrogens is 228 g/mol. The number of aryl methyl sites for hydroxylation is 2. The molecule has 0 N–H and O–H groups in total. The van der Waals surface area contributed by atoms with Crippen LogP contribution in [0.1, 0.15) is 0 Å². The van der Waals surface area contributed by atoms with E-state index in [1.54, 1.807) is 0 Å². The predicted octanol–water partition coefficient (Wildman–Crippen LogP) is 1.69. The van der Waals surface area contributed by atoms with E-state index in [0.29, 0.717) is 0 Å². The third-order valence-electron chi connectivity index (χ3n) is 2.54. The van der Waals surface area contributed by atoms with Crippen LogP contribution in [0, 0.1) is 0 Å². The summed E-state index contributed by atoms with van der Waals surface area (Å²) in [5.74, 6) is 2.34. The summed E-state index contributed by atoms with van der Waals surface area (Å²) in [6.45, 7) is 2.18. The molecule has 0 aliphatic rings. The van der Waals surface area contributed by atoms with Gasteiger partial charge in [-0.25, -0.2) is 9.13 Å². The van der Waals surface area contributed by atoms with Crippen molar-refractivity contribution in [1.82, 2.24) is 0 Å². The SMILES string of the molecule is c1cc[n+](CCSCC[n+]2ccccc2)cc1. The van der Waals surface area contributed by atoms with Crippen molar-refractivity contribution in [3.8, 4) is 0 Å². The standard InChI is InChI=1S/C14H18N2S/c1-3-7-15(8-4-1)11-13-17-14-12-16-9-5-2-6-10-16/h1-10H,11-14H2/q+2. The van der Waals surface area contributed by atoms with Crippen LogP contribution in [0.15, 0.2) is 61.2 Å². The normalized spacial score (nSPS) is 10.4. The van der Waals surface area contributed by atoms with Crippen LogP contribution in [0.5, 0.6) is 0 Å². The lowest BCUT2D eigenvalue weighted by molar-refractivity contribution is -0.693. The Balaban J connectivity index is 1.61. The highest BCUT2D eigenvalue weighted by Gasteiger charge is 2.00. The van der Waals surface area contributed by atoms with E-state index in [1.165, 1.54) is 11.5 Å². The maximum Gasteiger partial charge on any atom is 0.168 e. The molecule has 2 aromatic heterocycles. The van der Waals surface area contributed by atoms with Crippen molar-refractivity contribution in [2.75, 3.05) is 11.5 Å². The fourth-order valence-electron chi connectivity index (χ4n) is 1.61. The fourth-order valence-corrected chi connectivity index (χ4v) is 2.49. The molecule has 0 radical (unpaired) electrons. The van der Waals surface area contributed by atoms with Crippen LogP contribution in [0.4, 0.5) is 0 Å². The molecular formula is C14H18N2S+2. The van der Waals surface area contributed by atoms with Gasteiger partial charge in [0, 0.05) is 24.3 Å². The van der Waals surface area contributed by atoms with Gasteiger partial charge in [0.05, 0.1) is 11.5 Å². The third kappa shape index (κ3) is 4.57. The van der Waals surface area contributed by atoms with Crippen LogP contribution in [-0.4, -0.2) is 11.5 Å². The Labute approximate surface area is 107 Å². The summed E-state index contributed by atoms with van der Waals surface area (Å²) in [7, 11) is 0. The number of hydrogen-bond acceptors (Lipinski definition) is 1. The van der Waals surface area contributed by atoms with E-state index in [0.717, 1.165) is 13.1 Å². The molecule has 3 heteroatoms. The van der Waals surface area contributed by atoms with E-state index >= 15 is 0 Å². The second-order valence-electron chi connectivity index (χ2n) is 3.84. The predicted molar refractivity (Wildman–Crippen MR) is 70.6 cm³/mol. The number of pyridine rings is 2. The Morgan fingerprint density at radius 1 is 0.588 bits per heavy atom. The summed E-state index contributed by atoms with van der Waals surface area (Å²) in [6, 6.07) is 12.4. The van der Waals surface area contributed by atoms with Crippen molar-refractivity contribution in [3.05, 3.63) is 61.2 Å². The Morgan fingerprint density at radius 2 is 1.00 bits per heavy atom. The summed E-state index contributed by atoms with van der Waals surface area (Å²) < 4.78 is 4.45. The fraction of sp³-hybridized carbons (Fsp3) is 0.286. The molecule has 0 aromatic carbocycles. The van der Waals surface area contributed by atoms with E-state index in [9.17, 15) is 0 Å². The highest BCUT2D eigenvalue weighted by atomic mass is 32.2. The van der Waals surface area contributed by atoms with Gasteiger partial charge in [0.2, 0.25) is 0 Å². The van der Waals surface area contributed by atoms with Gasteiger partial charge in [-0.1, -0.05) is 12.1 Å². The first-order chi connectivity index (χ1) is 8.45. The lowest BCUT2D eigenvalue weighted by Crippen LogP contribution is -2.35. The van der Waals surface area contributed by atoms with E-state index in [-0.39, 0.29) is 0 Å². The molecule has 0 bridgehead atoms. The van der Waals surface area contributed by atoms with E-state index in [2.05, 4.69) is 70.3 Å². The summed E-state index contributed by atoms with van der Waals surface area (Å²) in [4.78, 5) is 0. The van der Waals surface area contributed by atoms with Gasteiger partial charge in [0.15, 0.2) is 37.9 Å². The Kier molecular flexibility index (Phi) is 5.04. The molecule has 17 heavy (non-hydrogen) atoms. The Hall–Kier alpha value is -1.35. The average Bonchev–Trinajstić information content (AvgIpc) is 2.41. The topological polar surface area (TPSA) is 7.76 Å². The number of nitrogens with zero attached hydrogens (tertiary/aromatic N) is 2. The summed E-state index contributed by atoms with van der Waals surface area (Å²) >= 11 is 2.00. The van der Waals surface area contributed by atoms with Crippen molar-refractivity contribution >= 4 is 11.8 Å². The van der Waals surface area contributed by atoms with Gasteiger partial charge in [-0.15, -0.1) is 11.8 Å². The van der Waals surface area contributed by atoms with Crippen LogP contribution < -0.4 is 9.13 Å². The van der Waals surface area contributed by atoms with Crippen molar-refractivity contribution in [3.63, 3.8) is 0 Å². The Morgan fingerprint density at radius 3 is 1.41 bits per heavy atom. The first-order valence-corrected chi connectivity index (χ1v) is 7.06. The maximum absolute atomic E-state index is 2.22. The molecule has 2 rings (SSSR count). The molecule has 2 nitrogen and oxygen atoms in total. The molecule has 0 aliphatic heterocycles. The zero-order valence-electron chi connectivity index (χ0n) is 9.90. The number of rotatable bonds is 6. The minimum Gasteiger partial charge on any atom is -0.204 e. The molecule has 0 saturated heterocycles. The minimum absolute atomic E-state index is 1.09. The van der Waals surface area contributed by atoms with E-state index in [1.807, 2.05) is 11.8 Å². The second kappa shape index (κ2) is 7.07. The third-order valence-corrected chi connectivity index (χ3v) is 3.48. The smallest absolute Gasteiger partial charge is 0.168 e. The van der Waals surface area contributed by atoms with Crippen LogP contribution in [0.3, 0.4) is 0 Å². The highest BCUT2D eigenvalue weighted by Crippen LogP contribution is 1.98. The molecule has 88 valence electrons. The summed E-state index contributed by atoms with van der Waals surface area (Å²) in [5.41, 5.74) is 0. The van der Waals surface area contributed by atoms with Gasteiger partial charge in [-0.05, 0) is 0 Å². The monoisotopic (exact) mass is 246 g/mol. The second-order valence-corrected chi connectivity index (χ2v) is 5.06. The van der Waals surface area contributed by atoms with Crippen LogP contribution in [0.2, 0.25) is 0 Å². The molecule has 0 aliphatic carbocycles. The van der Waals surface area contributed by atoms with Crippen LogP contribution in [0.25, 0.3) is 0 Å². The van der Waals surface area contributed by atoms with Crippen molar-refractivity contribution in [2.45, 2.75) is 13.1 Å². The number of hydrogen-bond donors (Lipinski definition) is 0. The number of aromatic nitrogens is 2. The van der Waals surface area contributed by atoms with Crippen LogP contribution >= 0.6 is 11.8 Å². The molecule has 0 amide bonds. The molecule has 0 spiro atoms. The molecule has 0 saturated carbocycles. The zero-order chi connectivity index (χ0) is 11.8. The molecule has 2 aromatic rings. The van der Waals surface area contributed by atoms with Crippen molar-refractivity contribution < 1.29 is 9.13 Å². The quantitative estimate of drug-likeness (QED) is 0.556. The first kappa shape index (κ1) is 12.1. The highest BCUT2D eigenvalue weighted by molar-refractivity contribution is 7.99. The minimum atomic E-state index is 1.09. The van der Waals surface area contributed by atoms with E-state index < -0.39 is 0 Å². The first-order valence-electron chi connectivity index (χ1n) is 5.91. The van der Waals surface area contributed by atoms with Crippen LogP contribution in [-0.2, 0) is 13.1 Å². The van der Waals surface area contributed by atoms with E-state index in [4.69, 9.17) is 0 Å². The van der Waals surface area contributed by atoms with Crippen molar-refractivity contribution in [1.29, 1.82) is 0 Å². The average molecular weight is 246 g/mol.